The van der Waals surface area contributed by atoms with Gasteiger partial charge in [0.05, 0.1) is 5.52 Å². The third-order valence-corrected chi connectivity index (χ3v) is 3.79. The molecule has 0 N–H and O–H groups in total. The van der Waals surface area contributed by atoms with Gasteiger partial charge in [-0.1, -0.05) is 41.8 Å². The minimum absolute atomic E-state index is 0.823. The Bertz CT molecular complexity index is 565. The van der Waals surface area contributed by atoms with Crippen molar-refractivity contribution in [1.29, 1.82) is 0 Å². The Balaban J connectivity index is 3.15. The predicted octanol–water partition coefficient (Wildman–Crippen LogP) is 3.70. The summed E-state index contributed by atoms with van der Waals surface area (Å²) in [7, 11) is 1.97. The Morgan fingerprint density at radius 2 is 1.92 bits per heavy atom. The lowest BCUT2D eigenvalue weighted by molar-refractivity contribution is 0.957. The summed E-state index contributed by atoms with van der Waals surface area (Å²) in [6, 6.07) is 8.06. The summed E-state index contributed by atoms with van der Waals surface area (Å²) in [6.07, 6.45) is 0. The van der Waals surface area contributed by atoms with Crippen LogP contribution >= 0.6 is 35.8 Å². The van der Waals surface area contributed by atoms with Crippen LogP contribution in [0.4, 0.5) is 0 Å². The third-order valence-electron chi connectivity index (χ3n) is 1.94. The Labute approximate surface area is 90.3 Å². The molecule has 0 unspecified atom stereocenters. The molecule has 1 nitrogen and oxygen atoms in total. The van der Waals surface area contributed by atoms with Gasteiger partial charge < -0.3 is 4.57 Å². The van der Waals surface area contributed by atoms with Gasteiger partial charge in [0.2, 0.25) is 0 Å². The molecule has 2 aromatic rings. The van der Waals surface area contributed by atoms with E-state index in [1.165, 1.54) is 11.3 Å². The van der Waals surface area contributed by atoms with Crippen LogP contribution in [-0.2, 0) is 7.05 Å². The zero-order valence-electron chi connectivity index (χ0n) is 6.98. The third kappa shape index (κ3) is 1.45. The normalized spacial score (nSPS) is 10.5. The number of fused-ring (bicyclic) bond motifs is 1. The molecule has 1 aromatic carbocycles. The van der Waals surface area contributed by atoms with E-state index in [2.05, 4.69) is 0 Å². The highest BCUT2D eigenvalue weighted by Gasteiger charge is 1.98. The lowest BCUT2D eigenvalue weighted by Gasteiger charge is -2.03. The first-order valence-electron chi connectivity index (χ1n) is 3.79. The lowest BCUT2D eigenvalue weighted by atomic mass is 10.2. The Kier molecular flexibility index (Phi) is 2.27. The Morgan fingerprint density at radius 3 is 2.69 bits per heavy atom. The quantitative estimate of drug-likeness (QED) is 0.630. The molecule has 0 saturated heterocycles. The summed E-state index contributed by atoms with van der Waals surface area (Å²) < 4.78 is 3.69. The van der Waals surface area contributed by atoms with Gasteiger partial charge in [-0.3, -0.25) is 0 Å². The van der Waals surface area contributed by atoms with Crippen molar-refractivity contribution in [3.05, 3.63) is 32.0 Å². The van der Waals surface area contributed by atoms with Crippen LogP contribution in [0.2, 0.25) is 0 Å². The van der Waals surface area contributed by atoms with Crippen LogP contribution in [-0.4, -0.2) is 4.57 Å². The molecule has 0 spiro atoms. The second-order valence-electron chi connectivity index (χ2n) is 2.73. The van der Waals surface area contributed by atoms with E-state index in [1.54, 1.807) is 0 Å². The molecule has 0 amide bonds. The van der Waals surface area contributed by atoms with Crippen molar-refractivity contribution < 1.29 is 0 Å². The maximum atomic E-state index is 5.24. The highest BCUT2D eigenvalue weighted by Crippen LogP contribution is 2.18. The molecule has 2 rings (SSSR count). The number of para-hydroxylation sites is 1. The van der Waals surface area contributed by atoms with Gasteiger partial charge in [0.1, 0.15) is 3.82 Å². The van der Waals surface area contributed by atoms with E-state index in [4.69, 9.17) is 24.4 Å². The second-order valence-corrected chi connectivity index (χ2v) is 5.04. The molecule has 0 atom stereocenters. The average Bonchev–Trinajstić information content (AvgIpc) is 2.15. The van der Waals surface area contributed by atoms with Crippen LogP contribution in [0, 0.1) is 7.78 Å². The molecule has 0 bridgehead atoms. The van der Waals surface area contributed by atoms with E-state index in [-0.39, 0.29) is 0 Å². The van der Waals surface area contributed by atoms with Crippen molar-refractivity contribution in [1.82, 2.24) is 4.57 Å². The zero-order valence-corrected chi connectivity index (χ0v) is 9.43. The average molecular weight is 225 g/mol. The van der Waals surface area contributed by atoms with Crippen LogP contribution in [0.5, 0.6) is 0 Å². The van der Waals surface area contributed by atoms with Crippen LogP contribution in [0.1, 0.15) is 0 Å². The number of benzene rings is 1. The largest absolute Gasteiger partial charge is 0.327 e. The first kappa shape index (κ1) is 8.99. The minimum atomic E-state index is 0.823. The monoisotopic (exact) mass is 225 g/mol. The molecule has 0 fully saturated rings. The first-order valence-corrected chi connectivity index (χ1v) is 5.42. The van der Waals surface area contributed by atoms with Crippen LogP contribution in [0.3, 0.4) is 0 Å². The zero-order chi connectivity index (χ0) is 9.42. The topological polar surface area (TPSA) is 4.93 Å². The van der Waals surface area contributed by atoms with Gasteiger partial charge in [0.15, 0.2) is 3.95 Å². The van der Waals surface area contributed by atoms with Gasteiger partial charge in [0.25, 0.3) is 0 Å². The molecular weight excluding hydrogens is 218 g/mol. The smallest absolute Gasteiger partial charge is 0.162 e. The molecule has 13 heavy (non-hydrogen) atoms. The Hall–Kier alpha value is -0.580. The van der Waals surface area contributed by atoms with Crippen molar-refractivity contribution in [2.45, 2.75) is 0 Å². The summed E-state index contributed by atoms with van der Waals surface area (Å²) >= 11 is 11.9. The summed E-state index contributed by atoms with van der Waals surface area (Å²) in [5.41, 5.74) is 1.11. The lowest BCUT2D eigenvalue weighted by Crippen LogP contribution is -1.92. The van der Waals surface area contributed by atoms with E-state index in [1.807, 2.05) is 35.9 Å². The van der Waals surface area contributed by atoms with Crippen LogP contribution < -0.4 is 0 Å². The van der Waals surface area contributed by atoms with Crippen molar-refractivity contribution in [3.63, 3.8) is 0 Å². The van der Waals surface area contributed by atoms with Crippen molar-refractivity contribution in [2.24, 2.45) is 7.05 Å². The van der Waals surface area contributed by atoms with Crippen molar-refractivity contribution >= 4 is 46.7 Å². The molecule has 0 saturated carbocycles. The molecule has 66 valence electrons. The molecule has 0 radical (unpaired) electrons. The Morgan fingerprint density at radius 1 is 1.23 bits per heavy atom. The fourth-order valence-electron chi connectivity index (χ4n) is 1.24. The van der Waals surface area contributed by atoms with Gasteiger partial charge in [-0.2, -0.15) is 0 Å². The number of rotatable bonds is 0. The predicted molar refractivity (Wildman–Crippen MR) is 62.5 cm³/mol. The highest BCUT2D eigenvalue weighted by molar-refractivity contribution is 7.76. The number of hydrogen-bond donors (Lipinski definition) is 0. The number of aromatic nitrogens is 1. The standard InChI is InChI=1S/C9H7NS3/c1-10-7-5-3-2-4-6(7)8(11)13-9(10)12/h2-5H,1H3. The molecule has 0 aliphatic heterocycles. The van der Waals surface area contributed by atoms with Crippen molar-refractivity contribution in [2.75, 3.05) is 0 Å². The molecule has 1 heterocycles. The van der Waals surface area contributed by atoms with Crippen LogP contribution in [0.15, 0.2) is 24.3 Å². The second kappa shape index (κ2) is 3.29. The van der Waals surface area contributed by atoms with E-state index in [0.717, 1.165) is 18.7 Å². The van der Waals surface area contributed by atoms with Gasteiger partial charge in [-0.05, 0) is 18.3 Å². The first-order chi connectivity index (χ1) is 6.20. The number of hydrogen-bond acceptors (Lipinski definition) is 3. The van der Waals surface area contributed by atoms with Crippen molar-refractivity contribution in [3.8, 4) is 0 Å². The van der Waals surface area contributed by atoms with E-state index >= 15 is 0 Å². The minimum Gasteiger partial charge on any atom is -0.327 e. The molecular formula is C9H7NS3. The summed E-state index contributed by atoms with van der Waals surface area (Å²) in [5.74, 6) is 0. The van der Waals surface area contributed by atoms with Gasteiger partial charge in [-0.25, -0.2) is 0 Å². The maximum absolute atomic E-state index is 5.24. The molecule has 0 aliphatic carbocycles. The SMILES string of the molecule is Cn1c(=S)sc(=S)c2ccccc21. The van der Waals surface area contributed by atoms with E-state index < -0.39 is 0 Å². The highest BCUT2D eigenvalue weighted by atomic mass is 32.2. The van der Waals surface area contributed by atoms with Gasteiger partial charge in [0, 0.05) is 12.4 Å². The fourth-order valence-corrected chi connectivity index (χ4v) is 2.83. The maximum Gasteiger partial charge on any atom is 0.162 e. The summed E-state index contributed by atoms with van der Waals surface area (Å²) in [4.78, 5) is 0. The summed E-state index contributed by atoms with van der Waals surface area (Å²) in [5, 5.41) is 1.11. The molecule has 4 heteroatoms. The molecule has 1 aromatic heterocycles. The van der Waals surface area contributed by atoms with Crippen LogP contribution in [0.25, 0.3) is 10.9 Å². The number of nitrogens with zero attached hydrogens (tertiary/aromatic N) is 1. The van der Waals surface area contributed by atoms with E-state index in [9.17, 15) is 0 Å². The van der Waals surface area contributed by atoms with E-state index in [0.29, 0.717) is 0 Å². The number of aryl methyl sites for hydroxylation is 1. The van der Waals surface area contributed by atoms with Gasteiger partial charge >= 0.3 is 0 Å². The summed E-state index contributed by atoms with van der Waals surface area (Å²) in [6.45, 7) is 0. The van der Waals surface area contributed by atoms with Gasteiger partial charge in [-0.15, -0.1) is 0 Å². The fraction of sp³-hybridized carbons (Fsp3) is 0.111. The molecule has 0 aliphatic rings.